The molecule has 6 rings (SSSR count). The van der Waals surface area contributed by atoms with E-state index in [4.69, 9.17) is 0 Å². The molecule has 4 nitrogen and oxygen atoms in total. The van der Waals surface area contributed by atoms with E-state index in [0.29, 0.717) is 5.56 Å². The van der Waals surface area contributed by atoms with Crippen LogP contribution in [0.15, 0.2) is 122 Å². The van der Waals surface area contributed by atoms with E-state index in [2.05, 4.69) is 106 Å². The minimum atomic E-state index is 0.555. The molecule has 0 radical (unpaired) electrons. The van der Waals surface area contributed by atoms with Crippen molar-refractivity contribution in [3.8, 4) is 17.2 Å². The molecule has 4 heteroatoms. The summed E-state index contributed by atoms with van der Waals surface area (Å²) in [7, 11) is 0. The molecule has 0 saturated carbocycles. The lowest BCUT2D eigenvalue weighted by molar-refractivity contribution is 1.17. The first-order valence-corrected chi connectivity index (χ1v) is 11.1. The SMILES string of the molecule is N#Cc1cnccc1-c1ccccc1N1c2ccccc2N(c2ccccc2)c2ccccc21. The Balaban J connectivity index is 1.63. The smallest absolute Gasteiger partial charge is 0.101 e. The van der Waals surface area contributed by atoms with Gasteiger partial charge in [0.1, 0.15) is 6.07 Å². The molecule has 2 heterocycles. The first-order chi connectivity index (χ1) is 16.9. The first-order valence-electron chi connectivity index (χ1n) is 11.1. The molecule has 5 aromatic rings. The second-order valence-corrected chi connectivity index (χ2v) is 8.03. The van der Waals surface area contributed by atoms with Crippen LogP contribution in [0.25, 0.3) is 11.1 Å². The van der Waals surface area contributed by atoms with Crippen LogP contribution in [0.5, 0.6) is 0 Å². The van der Waals surface area contributed by atoms with Crippen LogP contribution in [-0.4, -0.2) is 4.98 Å². The molecule has 0 saturated heterocycles. The Kier molecular flexibility index (Phi) is 4.79. The van der Waals surface area contributed by atoms with Gasteiger partial charge in [0.2, 0.25) is 0 Å². The zero-order valence-corrected chi connectivity index (χ0v) is 18.3. The summed E-state index contributed by atoms with van der Waals surface area (Å²) in [5, 5.41) is 9.75. The Hall–Kier alpha value is -4.88. The zero-order chi connectivity index (χ0) is 22.9. The van der Waals surface area contributed by atoms with Gasteiger partial charge < -0.3 is 9.80 Å². The Morgan fingerprint density at radius 1 is 0.529 bits per heavy atom. The van der Waals surface area contributed by atoms with Crippen molar-refractivity contribution >= 4 is 34.1 Å². The molecular formula is C30H20N4. The summed E-state index contributed by atoms with van der Waals surface area (Å²) in [5.41, 5.74) is 8.87. The topological polar surface area (TPSA) is 43.2 Å². The Labute approximate surface area is 198 Å². The van der Waals surface area contributed by atoms with Gasteiger partial charge in [-0.25, -0.2) is 0 Å². The third kappa shape index (κ3) is 3.11. The third-order valence-electron chi connectivity index (χ3n) is 6.12. The van der Waals surface area contributed by atoms with Crippen LogP contribution < -0.4 is 9.80 Å². The fourth-order valence-corrected chi connectivity index (χ4v) is 4.67. The standard InChI is InChI=1S/C30H20N4/c31-20-22-21-32-19-18-24(22)25-12-4-5-13-26(25)34-29-16-8-6-14-27(29)33(23-10-2-1-3-11-23)28-15-7-9-17-30(28)34/h1-19,21H. The van der Waals surface area contributed by atoms with E-state index in [1.165, 1.54) is 0 Å². The number of benzene rings is 4. The second-order valence-electron chi connectivity index (χ2n) is 8.03. The number of hydrogen-bond acceptors (Lipinski definition) is 4. The van der Waals surface area contributed by atoms with Gasteiger partial charge in [0.25, 0.3) is 0 Å². The quantitative estimate of drug-likeness (QED) is 0.283. The largest absolute Gasteiger partial charge is 0.306 e. The van der Waals surface area contributed by atoms with Gasteiger partial charge >= 0.3 is 0 Å². The average Bonchev–Trinajstić information content (AvgIpc) is 2.92. The highest BCUT2D eigenvalue weighted by Crippen LogP contribution is 2.55. The maximum Gasteiger partial charge on any atom is 0.101 e. The van der Waals surface area contributed by atoms with Crippen molar-refractivity contribution in [3.05, 3.63) is 127 Å². The maximum atomic E-state index is 9.75. The Morgan fingerprint density at radius 3 is 1.68 bits per heavy atom. The number of rotatable bonds is 3. The Morgan fingerprint density at radius 2 is 1.06 bits per heavy atom. The van der Waals surface area contributed by atoms with Crippen molar-refractivity contribution in [2.24, 2.45) is 0 Å². The second kappa shape index (κ2) is 8.23. The van der Waals surface area contributed by atoms with Gasteiger partial charge in [-0.05, 0) is 48.5 Å². The van der Waals surface area contributed by atoms with Gasteiger partial charge in [-0.3, -0.25) is 4.98 Å². The summed E-state index contributed by atoms with van der Waals surface area (Å²) < 4.78 is 0. The van der Waals surface area contributed by atoms with Crippen LogP contribution in [0.1, 0.15) is 5.56 Å². The molecule has 160 valence electrons. The van der Waals surface area contributed by atoms with Gasteiger partial charge in [-0.2, -0.15) is 5.26 Å². The van der Waals surface area contributed by atoms with Crippen molar-refractivity contribution in [1.29, 1.82) is 5.26 Å². The van der Waals surface area contributed by atoms with Gasteiger partial charge in [0.05, 0.1) is 34.0 Å². The van der Waals surface area contributed by atoms with E-state index in [1.807, 2.05) is 24.3 Å². The Bertz CT molecular complexity index is 1490. The highest BCUT2D eigenvalue weighted by Gasteiger charge is 2.31. The third-order valence-corrected chi connectivity index (χ3v) is 6.12. The lowest BCUT2D eigenvalue weighted by atomic mass is 9.97. The van der Waals surface area contributed by atoms with Crippen LogP contribution in [0.3, 0.4) is 0 Å². The monoisotopic (exact) mass is 436 g/mol. The van der Waals surface area contributed by atoms with E-state index in [9.17, 15) is 5.26 Å². The molecule has 4 aromatic carbocycles. The summed E-state index contributed by atoms with van der Waals surface area (Å²) >= 11 is 0. The van der Waals surface area contributed by atoms with Crippen LogP contribution >= 0.6 is 0 Å². The van der Waals surface area contributed by atoms with Crippen LogP contribution in [0.2, 0.25) is 0 Å². The molecule has 34 heavy (non-hydrogen) atoms. The van der Waals surface area contributed by atoms with Gasteiger partial charge in [-0.1, -0.05) is 60.7 Å². The number of anilines is 6. The summed E-state index contributed by atoms with van der Waals surface area (Å²) in [5.74, 6) is 0. The van der Waals surface area contributed by atoms with Crippen molar-refractivity contribution in [2.75, 3.05) is 9.80 Å². The number of pyridine rings is 1. The van der Waals surface area contributed by atoms with Crippen molar-refractivity contribution in [3.63, 3.8) is 0 Å². The minimum absolute atomic E-state index is 0.555. The summed E-state index contributed by atoms with van der Waals surface area (Å²) in [4.78, 5) is 8.75. The summed E-state index contributed by atoms with van der Waals surface area (Å²) in [6.45, 7) is 0. The molecular weight excluding hydrogens is 416 g/mol. The predicted octanol–water partition coefficient (Wildman–Crippen LogP) is 7.87. The fraction of sp³-hybridized carbons (Fsp3) is 0. The molecule has 0 bridgehead atoms. The molecule has 0 spiro atoms. The highest BCUT2D eigenvalue weighted by atomic mass is 15.3. The molecule has 1 aliphatic heterocycles. The van der Waals surface area contributed by atoms with E-state index in [1.54, 1.807) is 12.4 Å². The predicted molar refractivity (Wildman–Crippen MR) is 137 cm³/mol. The number of nitriles is 1. The van der Waals surface area contributed by atoms with Gasteiger partial charge in [-0.15, -0.1) is 0 Å². The number of aromatic nitrogens is 1. The number of fused-ring (bicyclic) bond motifs is 2. The lowest BCUT2D eigenvalue weighted by Gasteiger charge is -2.41. The van der Waals surface area contributed by atoms with Crippen LogP contribution in [0.4, 0.5) is 34.1 Å². The van der Waals surface area contributed by atoms with Crippen LogP contribution in [-0.2, 0) is 0 Å². The maximum absolute atomic E-state index is 9.75. The van der Waals surface area contributed by atoms with E-state index in [0.717, 1.165) is 45.3 Å². The van der Waals surface area contributed by atoms with Gasteiger partial charge in [0, 0.05) is 29.2 Å². The first kappa shape index (κ1) is 19.8. The fourth-order valence-electron chi connectivity index (χ4n) is 4.67. The minimum Gasteiger partial charge on any atom is -0.306 e. The van der Waals surface area contributed by atoms with Crippen molar-refractivity contribution in [1.82, 2.24) is 4.98 Å². The van der Waals surface area contributed by atoms with E-state index in [-0.39, 0.29) is 0 Å². The summed E-state index contributed by atoms with van der Waals surface area (Å²) in [6, 6.07) is 39.8. The lowest BCUT2D eigenvalue weighted by Crippen LogP contribution is -2.24. The highest BCUT2D eigenvalue weighted by molar-refractivity contribution is 6.03. The number of para-hydroxylation sites is 6. The average molecular weight is 437 g/mol. The zero-order valence-electron chi connectivity index (χ0n) is 18.3. The number of nitrogens with zero attached hydrogens (tertiary/aromatic N) is 4. The van der Waals surface area contributed by atoms with Gasteiger partial charge in [0.15, 0.2) is 0 Å². The normalized spacial score (nSPS) is 12.0. The van der Waals surface area contributed by atoms with Crippen molar-refractivity contribution < 1.29 is 0 Å². The molecule has 0 unspecified atom stereocenters. The molecule has 1 aliphatic rings. The number of hydrogen-bond donors (Lipinski definition) is 0. The van der Waals surface area contributed by atoms with Crippen molar-refractivity contribution in [2.45, 2.75) is 0 Å². The molecule has 1 aromatic heterocycles. The van der Waals surface area contributed by atoms with E-state index < -0.39 is 0 Å². The summed E-state index contributed by atoms with van der Waals surface area (Å²) in [6.07, 6.45) is 3.36. The van der Waals surface area contributed by atoms with Crippen LogP contribution in [0, 0.1) is 11.3 Å². The molecule has 0 N–H and O–H groups in total. The molecule has 0 aliphatic carbocycles. The van der Waals surface area contributed by atoms with E-state index >= 15 is 0 Å². The molecule has 0 fully saturated rings. The molecule has 0 atom stereocenters. The molecule has 0 amide bonds.